The first-order chi connectivity index (χ1) is 19.6. The number of carbonyl (C=O) groups is 4. The lowest BCUT2D eigenvalue weighted by atomic mass is 9.85. The summed E-state index contributed by atoms with van der Waals surface area (Å²) >= 11 is 6.19. The number of aromatic carboxylic acids is 1. The zero-order valence-corrected chi connectivity index (χ0v) is 23.7. The van der Waals surface area contributed by atoms with Crippen LogP contribution in [0.2, 0.25) is 5.02 Å². The summed E-state index contributed by atoms with van der Waals surface area (Å²) in [5.41, 5.74) is -2.60. The Morgan fingerprint density at radius 1 is 1.05 bits per heavy atom. The van der Waals surface area contributed by atoms with Gasteiger partial charge in [0, 0.05) is 25.8 Å². The fourth-order valence-electron chi connectivity index (χ4n) is 5.44. The molecule has 0 aromatic heterocycles. The van der Waals surface area contributed by atoms with Crippen molar-refractivity contribution in [1.82, 2.24) is 15.1 Å². The number of alkyl halides is 3. The average molecular weight is 613 g/mol. The number of piperidine rings is 1. The predicted molar refractivity (Wildman–Crippen MR) is 145 cm³/mol. The third-order valence-electron chi connectivity index (χ3n) is 7.77. The number of benzene rings is 2. The van der Waals surface area contributed by atoms with Crippen LogP contribution in [0.4, 0.5) is 23.2 Å². The van der Waals surface area contributed by atoms with Crippen molar-refractivity contribution in [2.75, 3.05) is 31.7 Å². The van der Waals surface area contributed by atoms with E-state index in [1.165, 1.54) is 21.9 Å². The monoisotopic (exact) mass is 612 g/mol. The van der Waals surface area contributed by atoms with Gasteiger partial charge in [-0.2, -0.15) is 13.2 Å². The maximum absolute atomic E-state index is 14.3. The molecule has 1 atom stereocenters. The van der Waals surface area contributed by atoms with E-state index in [9.17, 15) is 41.8 Å². The van der Waals surface area contributed by atoms with E-state index >= 15 is 0 Å². The molecule has 1 spiro atoms. The molecule has 0 bridgehead atoms. The molecule has 2 aliphatic heterocycles. The number of likely N-dealkylation sites (tertiary alicyclic amines) is 1. The third-order valence-corrected chi connectivity index (χ3v) is 8.08. The maximum atomic E-state index is 14.3. The molecule has 4 rings (SSSR count). The number of nitrogens with one attached hydrogen (secondary N) is 1. The number of amides is 3. The first kappa shape index (κ1) is 31.1. The van der Waals surface area contributed by atoms with Gasteiger partial charge in [0.25, 0.3) is 5.91 Å². The summed E-state index contributed by atoms with van der Waals surface area (Å²) in [6, 6.07) is 4.73. The first-order valence-electron chi connectivity index (χ1n) is 13.1. The summed E-state index contributed by atoms with van der Waals surface area (Å²) in [7, 11) is 1.63. The number of halogens is 5. The molecule has 9 nitrogen and oxygen atoms in total. The molecule has 2 aromatic carbocycles. The van der Waals surface area contributed by atoms with Crippen LogP contribution in [0, 0.1) is 11.7 Å². The molecule has 2 heterocycles. The Morgan fingerprint density at radius 2 is 1.69 bits per heavy atom. The number of likely N-dealkylation sites (N-methyl/N-ethyl adjacent to an activating group) is 1. The van der Waals surface area contributed by atoms with E-state index in [0.717, 1.165) is 0 Å². The van der Waals surface area contributed by atoms with Crippen LogP contribution in [0.3, 0.4) is 0 Å². The van der Waals surface area contributed by atoms with Crippen molar-refractivity contribution in [3.63, 3.8) is 0 Å². The van der Waals surface area contributed by atoms with Gasteiger partial charge in [0.05, 0.1) is 28.4 Å². The van der Waals surface area contributed by atoms with Crippen LogP contribution in [0.1, 0.15) is 53.0 Å². The number of hydrogen-bond donors (Lipinski definition) is 2. The molecule has 0 aliphatic carbocycles. The summed E-state index contributed by atoms with van der Waals surface area (Å²) in [5, 5.41) is 11.7. The highest BCUT2D eigenvalue weighted by molar-refractivity contribution is 6.33. The largest absolute Gasteiger partial charge is 0.478 e. The molecule has 14 heteroatoms. The lowest BCUT2D eigenvalue weighted by Crippen LogP contribution is -2.60. The standard InChI is InChI=1S/C28H29ClF4N4O5/c1-15(2)22(34-23(38)19-12-16(28(31,32)33)4-7-21(19)30)24(39)36-10-8-27(9-11-36)26(42)35(3)14-37(27)17-5-6-18(25(40)41)20(29)13-17/h4-7,12-13,15,22H,8-11,14H2,1-3H3,(H,34,38)(H,40,41)/t22-/m1/s1. The first-order valence-corrected chi connectivity index (χ1v) is 13.5. The van der Waals surface area contributed by atoms with Crippen molar-refractivity contribution in [2.45, 2.75) is 44.4 Å². The van der Waals surface area contributed by atoms with Crippen molar-refractivity contribution in [1.29, 1.82) is 0 Å². The Bertz CT molecular complexity index is 1430. The van der Waals surface area contributed by atoms with Gasteiger partial charge in [-0.1, -0.05) is 25.4 Å². The van der Waals surface area contributed by atoms with Gasteiger partial charge < -0.3 is 25.1 Å². The number of anilines is 1. The van der Waals surface area contributed by atoms with E-state index in [4.69, 9.17) is 11.6 Å². The normalized spacial score (nSPS) is 17.6. The van der Waals surface area contributed by atoms with Crippen LogP contribution in [0.5, 0.6) is 0 Å². The van der Waals surface area contributed by atoms with Gasteiger partial charge in [-0.3, -0.25) is 14.4 Å². The summed E-state index contributed by atoms with van der Waals surface area (Å²) < 4.78 is 53.7. The molecular weight excluding hydrogens is 584 g/mol. The number of carboxylic acid groups (broad SMARTS) is 1. The van der Waals surface area contributed by atoms with E-state index in [2.05, 4.69) is 5.32 Å². The van der Waals surface area contributed by atoms with Gasteiger partial charge in [0.2, 0.25) is 11.8 Å². The Labute approximate surface area is 244 Å². The highest BCUT2D eigenvalue weighted by Crippen LogP contribution is 2.40. The Kier molecular flexibility index (Phi) is 8.45. The molecule has 2 fully saturated rings. The van der Waals surface area contributed by atoms with Crippen LogP contribution in [-0.2, 0) is 15.8 Å². The summed E-state index contributed by atoms with van der Waals surface area (Å²) in [4.78, 5) is 55.9. The summed E-state index contributed by atoms with van der Waals surface area (Å²) in [6.45, 7) is 3.72. The maximum Gasteiger partial charge on any atom is 0.416 e. The number of nitrogens with zero attached hydrogens (tertiary/aromatic N) is 3. The van der Waals surface area contributed by atoms with Crippen molar-refractivity contribution in [3.8, 4) is 0 Å². The topological polar surface area (TPSA) is 110 Å². The zero-order valence-electron chi connectivity index (χ0n) is 23.0. The van der Waals surface area contributed by atoms with E-state index in [1.807, 2.05) is 4.90 Å². The fraction of sp³-hybridized carbons (Fsp3) is 0.429. The lowest BCUT2D eigenvalue weighted by Gasteiger charge is -2.44. The molecule has 0 saturated carbocycles. The van der Waals surface area contributed by atoms with Crippen LogP contribution in [-0.4, -0.2) is 77.0 Å². The van der Waals surface area contributed by atoms with E-state index < -0.39 is 58.4 Å². The van der Waals surface area contributed by atoms with E-state index in [0.29, 0.717) is 23.9 Å². The second-order valence-electron chi connectivity index (χ2n) is 10.8. The second kappa shape index (κ2) is 11.4. The van der Waals surface area contributed by atoms with Crippen LogP contribution < -0.4 is 10.2 Å². The van der Waals surface area contributed by atoms with E-state index in [-0.39, 0.29) is 49.1 Å². The van der Waals surface area contributed by atoms with Crippen molar-refractivity contribution < 1.29 is 41.8 Å². The quantitative estimate of drug-likeness (QED) is 0.472. The summed E-state index contributed by atoms with van der Waals surface area (Å²) in [5.74, 6) is -4.68. The van der Waals surface area contributed by atoms with Gasteiger partial charge in [0.15, 0.2) is 0 Å². The van der Waals surface area contributed by atoms with Crippen LogP contribution in [0.25, 0.3) is 0 Å². The average Bonchev–Trinajstić information content (AvgIpc) is 3.15. The minimum absolute atomic E-state index is 0.0116. The molecule has 0 unspecified atom stereocenters. The van der Waals surface area contributed by atoms with Gasteiger partial charge in [-0.15, -0.1) is 0 Å². The smallest absolute Gasteiger partial charge is 0.416 e. The van der Waals surface area contributed by atoms with E-state index in [1.54, 1.807) is 27.0 Å². The van der Waals surface area contributed by atoms with Gasteiger partial charge >= 0.3 is 12.1 Å². The number of hydrogen-bond acceptors (Lipinski definition) is 5. The van der Waals surface area contributed by atoms with Gasteiger partial charge in [0.1, 0.15) is 17.4 Å². The molecule has 0 radical (unpaired) electrons. The molecule has 2 aromatic rings. The Morgan fingerprint density at radius 3 is 2.24 bits per heavy atom. The molecule has 2 saturated heterocycles. The lowest BCUT2D eigenvalue weighted by molar-refractivity contribution is -0.139. The SMILES string of the molecule is CC(C)[C@@H](NC(=O)c1cc(C(F)(F)F)ccc1F)C(=O)N1CCC2(CC1)C(=O)N(C)CN2c1ccc(C(=O)O)c(Cl)c1. The highest BCUT2D eigenvalue weighted by Gasteiger charge is 2.53. The Balaban J connectivity index is 1.52. The van der Waals surface area contributed by atoms with Crippen LogP contribution >= 0.6 is 11.6 Å². The molecule has 42 heavy (non-hydrogen) atoms. The van der Waals surface area contributed by atoms with Crippen molar-refractivity contribution in [2.24, 2.45) is 5.92 Å². The van der Waals surface area contributed by atoms with Crippen molar-refractivity contribution in [3.05, 3.63) is 63.9 Å². The molecule has 2 aliphatic rings. The predicted octanol–water partition coefficient (Wildman–Crippen LogP) is 4.25. The van der Waals surface area contributed by atoms with Crippen LogP contribution in [0.15, 0.2) is 36.4 Å². The Hall–Kier alpha value is -3.87. The molecule has 2 N–H and O–H groups in total. The minimum atomic E-state index is -4.79. The van der Waals surface area contributed by atoms with Gasteiger partial charge in [-0.25, -0.2) is 9.18 Å². The fourth-order valence-corrected chi connectivity index (χ4v) is 5.70. The second-order valence-corrected chi connectivity index (χ2v) is 11.2. The highest BCUT2D eigenvalue weighted by atomic mass is 35.5. The third kappa shape index (κ3) is 5.74. The zero-order chi connectivity index (χ0) is 31.1. The minimum Gasteiger partial charge on any atom is -0.478 e. The number of carboxylic acids is 1. The number of carbonyl (C=O) groups excluding carboxylic acids is 3. The molecule has 226 valence electrons. The van der Waals surface area contributed by atoms with Gasteiger partial charge in [-0.05, 0) is 55.2 Å². The molecule has 3 amide bonds. The molecular formula is C28H29ClF4N4O5. The van der Waals surface area contributed by atoms with Crippen molar-refractivity contribution >= 4 is 41.0 Å². The summed E-state index contributed by atoms with van der Waals surface area (Å²) in [6.07, 6.45) is -4.37. The number of rotatable bonds is 6.